The summed E-state index contributed by atoms with van der Waals surface area (Å²) in [7, 11) is 0. The van der Waals surface area contributed by atoms with Crippen LogP contribution in [0.5, 0.6) is 0 Å². The number of aromatic nitrogens is 3. The lowest BCUT2D eigenvalue weighted by Crippen LogP contribution is -1.80. The standard InChI is InChI=1S/C11H6N4OS/c12-6-7-3-5-17-9(7)11-14-10(15-16-11)8-2-1-4-13-8/h1-5,13H. The molecule has 0 aromatic carbocycles. The molecule has 3 heterocycles. The number of hydrogen-bond donors (Lipinski definition) is 1. The molecule has 0 fully saturated rings. The molecule has 0 atom stereocenters. The Kier molecular flexibility index (Phi) is 2.24. The van der Waals surface area contributed by atoms with Crippen molar-refractivity contribution in [3.8, 4) is 28.4 Å². The highest BCUT2D eigenvalue weighted by Gasteiger charge is 2.15. The highest BCUT2D eigenvalue weighted by Crippen LogP contribution is 2.28. The van der Waals surface area contributed by atoms with Crippen molar-refractivity contribution in [2.75, 3.05) is 0 Å². The van der Waals surface area contributed by atoms with Crippen LogP contribution in [0.25, 0.3) is 22.3 Å². The first kappa shape index (κ1) is 9.81. The van der Waals surface area contributed by atoms with Gasteiger partial charge in [0, 0.05) is 6.20 Å². The van der Waals surface area contributed by atoms with Crippen molar-refractivity contribution in [2.24, 2.45) is 0 Å². The van der Waals surface area contributed by atoms with Crippen molar-refractivity contribution >= 4 is 11.3 Å². The Labute approximate surface area is 100 Å². The molecule has 0 bridgehead atoms. The molecular formula is C11H6N4OS. The quantitative estimate of drug-likeness (QED) is 0.749. The molecule has 82 valence electrons. The van der Waals surface area contributed by atoms with Crippen LogP contribution < -0.4 is 0 Å². The van der Waals surface area contributed by atoms with E-state index in [4.69, 9.17) is 9.78 Å². The van der Waals surface area contributed by atoms with E-state index in [-0.39, 0.29) is 0 Å². The lowest BCUT2D eigenvalue weighted by atomic mass is 10.3. The first-order chi connectivity index (χ1) is 8.38. The van der Waals surface area contributed by atoms with Crippen molar-refractivity contribution < 1.29 is 4.52 Å². The van der Waals surface area contributed by atoms with Crippen LogP contribution in [0.3, 0.4) is 0 Å². The first-order valence-corrected chi connectivity index (χ1v) is 5.72. The summed E-state index contributed by atoms with van der Waals surface area (Å²) in [5, 5.41) is 14.6. The van der Waals surface area contributed by atoms with E-state index in [1.54, 1.807) is 12.3 Å². The summed E-state index contributed by atoms with van der Waals surface area (Å²) in [6.45, 7) is 0. The van der Waals surface area contributed by atoms with E-state index in [0.29, 0.717) is 22.2 Å². The summed E-state index contributed by atoms with van der Waals surface area (Å²) < 4.78 is 5.15. The zero-order chi connectivity index (χ0) is 11.7. The summed E-state index contributed by atoms with van der Waals surface area (Å²) in [5.74, 6) is 0.864. The van der Waals surface area contributed by atoms with Gasteiger partial charge < -0.3 is 9.51 Å². The summed E-state index contributed by atoms with van der Waals surface area (Å²) in [6.07, 6.45) is 1.79. The molecule has 0 saturated heterocycles. The molecule has 3 aromatic heterocycles. The van der Waals surface area contributed by atoms with Gasteiger partial charge in [-0.3, -0.25) is 0 Å². The molecule has 17 heavy (non-hydrogen) atoms. The number of aromatic amines is 1. The van der Waals surface area contributed by atoms with Crippen LogP contribution in [0.1, 0.15) is 5.56 Å². The van der Waals surface area contributed by atoms with Crippen molar-refractivity contribution in [2.45, 2.75) is 0 Å². The molecule has 0 radical (unpaired) electrons. The molecule has 0 amide bonds. The number of H-pyrrole nitrogens is 1. The van der Waals surface area contributed by atoms with Crippen LogP contribution in [0, 0.1) is 11.3 Å². The van der Waals surface area contributed by atoms with E-state index in [1.807, 2.05) is 17.5 Å². The van der Waals surface area contributed by atoms with Gasteiger partial charge >= 0.3 is 0 Å². The van der Waals surface area contributed by atoms with Gasteiger partial charge in [-0.15, -0.1) is 11.3 Å². The lowest BCUT2D eigenvalue weighted by molar-refractivity contribution is 0.433. The second kappa shape index (κ2) is 3.88. The van der Waals surface area contributed by atoms with Gasteiger partial charge in [0.25, 0.3) is 5.89 Å². The van der Waals surface area contributed by atoms with Crippen LogP contribution >= 0.6 is 11.3 Å². The smallest absolute Gasteiger partial charge is 0.269 e. The fourth-order valence-electron chi connectivity index (χ4n) is 1.46. The Morgan fingerprint density at radius 3 is 3.12 bits per heavy atom. The van der Waals surface area contributed by atoms with Gasteiger partial charge in [-0.1, -0.05) is 5.16 Å². The monoisotopic (exact) mass is 242 g/mol. The predicted molar refractivity (Wildman–Crippen MR) is 62.1 cm³/mol. The molecular weight excluding hydrogens is 236 g/mol. The molecule has 0 saturated carbocycles. The van der Waals surface area contributed by atoms with Gasteiger partial charge in [0.15, 0.2) is 0 Å². The molecule has 0 spiro atoms. The van der Waals surface area contributed by atoms with Crippen molar-refractivity contribution in [1.82, 2.24) is 15.1 Å². The molecule has 0 aliphatic heterocycles. The maximum absolute atomic E-state index is 8.92. The fraction of sp³-hybridized carbons (Fsp3) is 0. The number of rotatable bonds is 2. The van der Waals surface area contributed by atoms with E-state index in [9.17, 15) is 0 Å². The third kappa shape index (κ3) is 1.62. The van der Waals surface area contributed by atoms with Gasteiger partial charge in [-0.25, -0.2) is 0 Å². The number of hydrogen-bond acceptors (Lipinski definition) is 5. The number of thiophene rings is 1. The minimum atomic E-state index is 0.376. The minimum absolute atomic E-state index is 0.376. The third-order valence-electron chi connectivity index (χ3n) is 2.24. The van der Waals surface area contributed by atoms with Crippen LogP contribution in [-0.2, 0) is 0 Å². The molecule has 6 heteroatoms. The Morgan fingerprint density at radius 2 is 2.35 bits per heavy atom. The molecule has 1 N–H and O–H groups in total. The molecule has 3 rings (SSSR count). The Balaban J connectivity index is 2.04. The average Bonchev–Trinajstić information content (AvgIpc) is 3.09. The Hall–Kier alpha value is -2.39. The molecule has 0 aliphatic rings. The molecule has 3 aromatic rings. The van der Waals surface area contributed by atoms with E-state index in [1.165, 1.54) is 11.3 Å². The van der Waals surface area contributed by atoms with Gasteiger partial charge in [-0.05, 0) is 23.6 Å². The van der Waals surface area contributed by atoms with Crippen LogP contribution in [0.2, 0.25) is 0 Å². The summed E-state index contributed by atoms with van der Waals surface area (Å²) >= 11 is 1.41. The maximum atomic E-state index is 8.92. The largest absolute Gasteiger partial charge is 0.359 e. The highest BCUT2D eigenvalue weighted by molar-refractivity contribution is 7.13. The van der Waals surface area contributed by atoms with Crippen LogP contribution in [0.4, 0.5) is 0 Å². The zero-order valence-corrected chi connectivity index (χ0v) is 9.36. The van der Waals surface area contributed by atoms with Gasteiger partial charge in [0.05, 0.1) is 11.3 Å². The SMILES string of the molecule is N#Cc1ccsc1-c1nc(-c2ccc[nH]2)no1. The van der Waals surface area contributed by atoms with Gasteiger partial charge in [-0.2, -0.15) is 10.2 Å². The second-order valence-corrected chi connectivity index (χ2v) is 4.20. The first-order valence-electron chi connectivity index (χ1n) is 4.84. The van der Waals surface area contributed by atoms with E-state index in [2.05, 4.69) is 21.2 Å². The average molecular weight is 242 g/mol. The van der Waals surface area contributed by atoms with Crippen molar-refractivity contribution in [1.29, 1.82) is 5.26 Å². The van der Waals surface area contributed by atoms with E-state index < -0.39 is 0 Å². The lowest BCUT2D eigenvalue weighted by Gasteiger charge is -1.87. The predicted octanol–water partition coefficient (Wildman–Crippen LogP) is 2.66. The molecule has 5 nitrogen and oxygen atoms in total. The number of nitrogens with zero attached hydrogens (tertiary/aromatic N) is 3. The molecule has 0 unspecified atom stereocenters. The zero-order valence-electron chi connectivity index (χ0n) is 8.54. The molecule has 0 aliphatic carbocycles. The normalized spacial score (nSPS) is 10.3. The maximum Gasteiger partial charge on any atom is 0.269 e. The highest BCUT2D eigenvalue weighted by atomic mass is 32.1. The van der Waals surface area contributed by atoms with Gasteiger partial charge in [0.2, 0.25) is 5.82 Å². The topological polar surface area (TPSA) is 78.5 Å². The third-order valence-corrected chi connectivity index (χ3v) is 3.15. The Morgan fingerprint density at radius 1 is 1.41 bits per heavy atom. The van der Waals surface area contributed by atoms with Crippen molar-refractivity contribution in [3.05, 3.63) is 35.3 Å². The second-order valence-electron chi connectivity index (χ2n) is 3.28. The van der Waals surface area contributed by atoms with Crippen LogP contribution in [0.15, 0.2) is 34.3 Å². The van der Waals surface area contributed by atoms with Crippen molar-refractivity contribution in [3.63, 3.8) is 0 Å². The van der Waals surface area contributed by atoms with Crippen LogP contribution in [-0.4, -0.2) is 15.1 Å². The van der Waals surface area contributed by atoms with E-state index >= 15 is 0 Å². The number of nitriles is 1. The van der Waals surface area contributed by atoms with E-state index in [0.717, 1.165) is 5.69 Å². The summed E-state index contributed by atoms with van der Waals surface area (Å²) in [4.78, 5) is 7.95. The number of nitrogens with one attached hydrogen (secondary N) is 1. The summed E-state index contributed by atoms with van der Waals surface area (Å²) in [5.41, 5.74) is 1.34. The van der Waals surface area contributed by atoms with Gasteiger partial charge in [0.1, 0.15) is 10.9 Å². The minimum Gasteiger partial charge on any atom is -0.359 e. The summed E-state index contributed by atoms with van der Waals surface area (Å²) in [6, 6.07) is 7.54. The fourth-order valence-corrected chi connectivity index (χ4v) is 2.22. The Bertz CT molecular complexity index is 674.